The van der Waals surface area contributed by atoms with Gasteiger partial charge in [0.1, 0.15) is 11.6 Å². The van der Waals surface area contributed by atoms with Crippen molar-refractivity contribution in [3.8, 4) is 0 Å². The molecule has 0 aliphatic heterocycles. The van der Waals surface area contributed by atoms with Crippen LogP contribution in [0.4, 0.5) is 8.78 Å². The molecule has 1 unspecified atom stereocenters. The van der Waals surface area contributed by atoms with Gasteiger partial charge in [0, 0.05) is 16.6 Å². The second-order valence-corrected chi connectivity index (χ2v) is 4.71. The zero-order valence-corrected chi connectivity index (χ0v) is 11.2. The number of hydrogen-bond acceptors (Lipinski definition) is 1. The molecule has 2 aromatic carbocycles. The van der Waals surface area contributed by atoms with E-state index in [0.29, 0.717) is 17.0 Å². The first-order valence-electron chi connectivity index (χ1n) is 5.97. The van der Waals surface area contributed by atoms with Gasteiger partial charge in [-0.05, 0) is 43.3 Å². The van der Waals surface area contributed by atoms with Crippen molar-refractivity contribution in [3.63, 3.8) is 0 Å². The molecular weight excluding hydrogens is 268 g/mol. The molecule has 0 saturated carbocycles. The standard InChI is InChI=1S/C15H14ClF2N/c1-19-15(8-10-4-2-3-5-13(10)16)12-9-11(17)6-7-14(12)18/h2-7,9,15,19H,8H2,1H3. The first-order valence-corrected chi connectivity index (χ1v) is 6.35. The van der Waals surface area contributed by atoms with Crippen molar-refractivity contribution in [2.24, 2.45) is 0 Å². The molecule has 1 N–H and O–H groups in total. The molecule has 2 aromatic rings. The summed E-state index contributed by atoms with van der Waals surface area (Å²) < 4.78 is 27.0. The summed E-state index contributed by atoms with van der Waals surface area (Å²) in [6, 6.07) is 10.5. The minimum absolute atomic E-state index is 0.308. The van der Waals surface area contributed by atoms with Crippen LogP contribution < -0.4 is 5.32 Å². The quantitative estimate of drug-likeness (QED) is 0.889. The highest BCUT2D eigenvalue weighted by atomic mass is 35.5. The number of likely N-dealkylation sites (N-methyl/N-ethyl adjacent to an activating group) is 1. The summed E-state index contributed by atoms with van der Waals surface area (Å²) in [5.41, 5.74) is 1.20. The van der Waals surface area contributed by atoms with Crippen LogP contribution in [0.5, 0.6) is 0 Å². The van der Waals surface area contributed by atoms with Gasteiger partial charge in [0.15, 0.2) is 0 Å². The SMILES string of the molecule is CNC(Cc1ccccc1Cl)c1cc(F)ccc1F. The first-order chi connectivity index (χ1) is 9.11. The van der Waals surface area contributed by atoms with Crippen LogP contribution in [-0.4, -0.2) is 7.05 Å². The summed E-state index contributed by atoms with van der Waals surface area (Å²) in [6.45, 7) is 0. The highest BCUT2D eigenvalue weighted by Gasteiger charge is 2.16. The molecule has 0 fully saturated rings. The van der Waals surface area contributed by atoms with Crippen LogP contribution in [0, 0.1) is 11.6 Å². The van der Waals surface area contributed by atoms with Gasteiger partial charge in [-0.3, -0.25) is 0 Å². The molecule has 0 saturated heterocycles. The molecule has 0 aliphatic carbocycles. The highest BCUT2D eigenvalue weighted by Crippen LogP contribution is 2.25. The van der Waals surface area contributed by atoms with E-state index >= 15 is 0 Å². The molecule has 0 aromatic heterocycles. The summed E-state index contributed by atoms with van der Waals surface area (Å²) in [4.78, 5) is 0. The number of benzene rings is 2. The molecule has 0 aliphatic rings. The molecule has 2 rings (SSSR count). The number of halogens is 3. The number of hydrogen-bond donors (Lipinski definition) is 1. The van der Waals surface area contributed by atoms with Crippen molar-refractivity contribution in [3.05, 3.63) is 70.2 Å². The van der Waals surface area contributed by atoms with E-state index in [4.69, 9.17) is 11.6 Å². The Morgan fingerprint density at radius 3 is 2.58 bits per heavy atom. The van der Waals surface area contributed by atoms with Gasteiger partial charge in [-0.2, -0.15) is 0 Å². The summed E-state index contributed by atoms with van der Waals surface area (Å²) in [5.74, 6) is -0.872. The molecule has 1 nitrogen and oxygen atoms in total. The van der Waals surface area contributed by atoms with Crippen LogP contribution in [0.25, 0.3) is 0 Å². The lowest BCUT2D eigenvalue weighted by molar-refractivity contribution is 0.523. The lowest BCUT2D eigenvalue weighted by atomic mass is 9.98. The molecule has 0 spiro atoms. The highest BCUT2D eigenvalue weighted by molar-refractivity contribution is 6.31. The Balaban J connectivity index is 2.30. The van der Waals surface area contributed by atoms with Crippen molar-refractivity contribution in [2.75, 3.05) is 7.05 Å². The van der Waals surface area contributed by atoms with E-state index in [1.165, 1.54) is 6.07 Å². The van der Waals surface area contributed by atoms with E-state index in [1.54, 1.807) is 13.1 Å². The van der Waals surface area contributed by atoms with Crippen LogP contribution in [-0.2, 0) is 6.42 Å². The molecule has 0 amide bonds. The van der Waals surface area contributed by atoms with Crippen LogP contribution >= 0.6 is 11.6 Å². The van der Waals surface area contributed by atoms with Crippen LogP contribution in [0.1, 0.15) is 17.2 Å². The maximum Gasteiger partial charge on any atom is 0.128 e. The first kappa shape index (κ1) is 14.0. The van der Waals surface area contributed by atoms with Gasteiger partial charge in [-0.25, -0.2) is 8.78 Å². The van der Waals surface area contributed by atoms with E-state index in [-0.39, 0.29) is 6.04 Å². The van der Waals surface area contributed by atoms with E-state index in [0.717, 1.165) is 17.7 Å². The number of nitrogens with one attached hydrogen (secondary N) is 1. The summed E-state index contributed by atoms with van der Waals surface area (Å²) in [7, 11) is 1.71. The van der Waals surface area contributed by atoms with E-state index in [1.807, 2.05) is 18.2 Å². The predicted octanol–water partition coefficient (Wildman–Crippen LogP) is 4.12. The fourth-order valence-corrected chi connectivity index (χ4v) is 2.25. The third kappa shape index (κ3) is 3.31. The van der Waals surface area contributed by atoms with Crippen molar-refractivity contribution in [2.45, 2.75) is 12.5 Å². The number of rotatable bonds is 4. The van der Waals surface area contributed by atoms with Crippen LogP contribution in [0.3, 0.4) is 0 Å². The van der Waals surface area contributed by atoms with E-state index < -0.39 is 11.6 Å². The van der Waals surface area contributed by atoms with E-state index in [2.05, 4.69) is 5.32 Å². The lowest BCUT2D eigenvalue weighted by Gasteiger charge is -2.18. The molecule has 4 heteroatoms. The van der Waals surface area contributed by atoms with Gasteiger partial charge in [-0.1, -0.05) is 29.8 Å². The molecule has 0 radical (unpaired) electrons. The Kier molecular flexibility index (Phi) is 4.51. The molecule has 100 valence electrons. The molecule has 1 atom stereocenters. The molecule has 19 heavy (non-hydrogen) atoms. The largest absolute Gasteiger partial charge is 0.313 e. The fraction of sp³-hybridized carbons (Fsp3) is 0.200. The lowest BCUT2D eigenvalue weighted by Crippen LogP contribution is -2.20. The maximum atomic E-state index is 13.8. The van der Waals surface area contributed by atoms with Crippen LogP contribution in [0.15, 0.2) is 42.5 Å². The molecule has 0 heterocycles. The van der Waals surface area contributed by atoms with Crippen molar-refractivity contribution in [1.82, 2.24) is 5.32 Å². The fourth-order valence-electron chi connectivity index (χ4n) is 2.03. The zero-order chi connectivity index (χ0) is 13.8. The van der Waals surface area contributed by atoms with Crippen LogP contribution in [0.2, 0.25) is 5.02 Å². The average molecular weight is 282 g/mol. The maximum absolute atomic E-state index is 13.8. The average Bonchev–Trinajstić information content (AvgIpc) is 2.41. The summed E-state index contributed by atoms with van der Waals surface area (Å²) >= 11 is 6.09. The molecular formula is C15H14ClF2N. The Hall–Kier alpha value is -1.45. The normalized spacial score (nSPS) is 12.4. The van der Waals surface area contributed by atoms with Gasteiger partial charge < -0.3 is 5.32 Å². The Morgan fingerprint density at radius 1 is 1.16 bits per heavy atom. The van der Waals surface area contributed by atoms with Gasteiger partial charge >= 0.3 is 0 Å². The second kappa shape index (κ2) is 6.13. The topological polar surface area (TPSA) is 12.0 Å². The third-order valence-corrected chi connectivity index (χ3v) is 3.43. The van der Waals surface area contributed by atoms with Gasteiger partial charge in [0.2, 0.25) is 0 Å². The van der Waals surface area contributed by atoms with E-state index in [9.17, 15) is 8.78 Å². The monoisotopic (exact) mass is 281 g/mol. The summed E-state index contributed by atoms with van der Waals surface area (Å²) in [6.07, 6.45) is 0.497. The Labute approximate surface area is 116 Å². The predicted molar refractivity (Wildman–Crippen MR) is 73.3 cm³/mol. The minimum Gasteiger partial charge on any atom is -0.313 e. The minimum atomic E-state index is -0.448. The Morgan fingerprint density at radius 2 is 1.89 bits per heavy atom. The van der Waals surface area contributed by atoms with Gasteiger partial charge in [-0.15, -0.1) is 0 Å². The van der Waals surface area contributed by atoms with Gasteiger partial charge in [0.25, 0.3) is 0 Å². The third-order valence-electron chi connectivity index (χ3n) is 3.06. The zero-order valence-electron chi connectivity index (χ0n) is 10.5. The summed E-state index contributed by atoms with van der Waals surface area (Å²) in [5, 5.41) is 3.62. The van der Waals surface area contributed by atoms with Crippen molar-refractivity contribution >= 4 is 11.6 Å². The second-order valence-electron chi connectivity index (χ2n) is 4.30. The smallest absolute Gasteiger partial charge is 0.128 e. The molecule has 0 bridgehead atoms. The van der Waals surface area contributed by atoms with Crippen molar-refractivity contribution in [1.29, 1.82) is 0 Å². The van der Waals surface area contributed by atoms with Gasteiger partial charge in [0.05, 0.1) is 0 Å². The van der Waals surface area contributed by atoms with Crippen molar-refractivity contribution < 1.29 is 8.78 Å². The Bertz CT molecular complexity index is 572.